The summed E-state index contributed by atoms with van der Waals surface area (Å²) in [6.07, 6.45) is 1.12. The number of para-hydroxylation sites is 1. The number of hydrogen-bond acceptors (Lipinski definition) is 4. The van der Waals surface area contributed by atoms with Crippen molar-refractivity contribution < 1.29 is 28.9 Å². The van der Waals surface area contributed by atoms with Crippen molar-refractivity contribution in [2.75, 3.05) is 0 Å². The van der Waals surface area contributed by atoms with Crippen LogP contribution in [0.5, 0.6) is 5.75 Å². The van der Waals surface area contributed by atoms with E-state index in [1.807, 2.05) is 48.5 Å². The fourth-order valence-electron chi connectivity index (χ4n) is 1.97. The van der Waals surface area contributed by atoms with Crippen LogP contribution in [0, 0.1) is 0 Å². The van der Waals surface area contributed by atoms with E-state index >= 15 is 0 Å². The van der Waals surface area contributed by atoms with Crippen LogP contribution in [0.2, 0.25) is 0 Å². The van der Waals surface area contributed by atoms with Gasteiger partial charge in [0.05, 0.1) is 5.30 Å². The van der Waals surface area contributed by atoms with E-state index in [0.717, 1.165) is 22.2 Å². The molecule has 1 atom stereocenters. The molecule has 7 heteroatoms. The van der Waals surface area contributed by atoms with Gasteiger partial charge in [-0.3, -0.25) is 4.57 Å². The highest BCUT2D eigenvalue weighted by Gasteiger charge is 2.20. The Balaban J connectivity index is 0.000000207. The fourth-order valence-corrected chi connectivity index (χ4v) is 3.13. The zero-order valence-electron chi connectivity index (χ0n) is 11.8. The van der Waals surface area contributed by atoms with E-state index in [4.69, 9.17) is 14.7 Å². The molecule has 0 spiro atoms. The van der Waals surface area contributed by atoms with Gasteiger partial charge in [-0.25, -0.2) is 9.59 Å². The SMILES string of the molecule is O=C(O)/C=C\C(=O)O.O=[PH]1Oc2ccccc2-c2ccccc21. The number of carboxylic acids is 2. The van der Waals surface area contributed by atoms with Gasteiger partial charge in [0.1, 0.15) is 5.75 Å². The monoisotopic (exact) mass is 332 g/mol. The van der Waals surface area contributed by atoms with E-state index < -0.39 is 20.0 Å². The standard InChI is InChI=1S/C12H9O2P.C4H4O4/c13-15-12-8-4-2-6-10(12)9-5-1-3-7-11(9)14-15;5-3(6)1-2-4(7)8/h1-8,15H;1-2H,(H,5,6)(H,7,8)/b;2-1-. The molecule has 118 valence electrons. The molecule has 0 bridgehead atoms. The van der Waals surface area contributed by atoms with Crippen molar-refractivity contribution in [1.82, 2.24) is 0 Å². The van der Waals surface area contributed by atoms with E-state index in [0.29, 0.717) is 12.2 Å². The molecule has 1 aliphatic heterocycles. The summed E-state index contributed by atoms with van der Waals surface area (Å²) < 4.78 is 17.2. The maximum absolute atomic E-state index is 11.8. The van der Waals surface area contributed by atoms with Gasteiger partial charge in [-0.15, -0.1) is 0 Å². The van der Waals surface area contributed by atoms with E-state index in [2.05, 4.69) is 0 Å². The van der Waals surface area contributed by atoms with Crippen molar-refractivity contribution in [3.63, 3.8) is 0 Å². The topological polar surface area (TPSA) is 101 Å². The molecule has 0 fully saturated rings. The molecular formula is C16H13O6P. The highest BCUT2D eigenvalue weighted by molar-refractivity contribution is 7.49. The van der Waals surface area contributed by atoms with Gasteiger partial charge in [-0.1, -0.05) is 36.4 Å². The molecule has 2 aromatic rings. The predicted molar refractivity (Wildman–Crippen MR) is 85.6 cm³/mol. The average molecular weight is 332 g/mol. The van der Waals surface area contributed by atoms with Crippen LogP contribution in [0.15, 0.2) is 60.7 Å². The fraction of sp³-hybridized carbons (Fsp3) is 0. The molecule has 0 amide bonds. The van der Waals surface area contributed by atoms with Crippen molar-refractivity contribution in [2.45, 2.75) is 0 Å². The minimum atomic E-state index is -2.11. The Morgan fingerprint density at radius 3 is 2.00 bits per heavy atom. The van der Waals surface area contributed by atoms with Crippen molar-refractivity contribution in [3.8, 4) is 16.9 Å². The molecule has 1 aliphatic rings. The quantitative estimate of drug-likeness (QED) is 0.647. The summed E-state index contributed by atoms with van der Waals surface area (Å²) in [6.45, 7) is 0. The summed E-state index contributed by atoms with van der Waals surface area (Å²) in [4.78, 5) is 19.1. The van der Waals surface area contributed by atoms with E-state index in [1.165, 1.54) is 0 Å². The molecule has 6 nitrogen and oxygen atoms in total. The summed E-state index contributed by atoms with van der Waals surface area (Å²) in [5.74, 6) is -1.79. The number of hydrogen-bond donors (Lipinski definition) is 2. The number of fused-ring (bicyclic) bond motifs is 3. The summed E-state index contributed by atoms with van der Waals surface area (Å²) in [7, 11) is -2.11. The Morgan fingerprint density at radius 1 is 0.870 bits per heavy atom. The van der Waals surface area contributed by atoms with Crippen LogP contribution in [0.3, 0.4) is 0 Å². The van der Waals surface area contributed by atoms with Crippen LogP contribution < -0.4 is 9.83 Å². The van der Waals surface area contributed by atoms with E-state index in [1.54, 1.807) is 0 Å². The van der Waals surface area contributed by atoms with Crippen LogP contribution in [0.1, 0.15) is 0 Å². The Kier molecular flexibility index (Phi) is 5.33. The molecule has 2 N–H and O–H groups in total. The third-order valence-corrected chi connectivity index (χ3v) is 4.18. The summed E-state index contributed by atoms with van der Waals surface area (Å²) in [5, 5.41) is 16.4. The molecule has 2 aromatic carbocycles. The molecule has 0 saturated carbocycles. The lowest BCUT2D eigenvalue weighted by molar-refractivity contribution is -0.134. The van der Waals surface area contributed by atoms with Gasteiger partial charge in [0, 0.05) is 17.7 Å². The lowest BCUT2D eigenvalue weighted by atomic mass is 10.0. The third kappa shape index (κ3) is 4.31. The molecule has 0 aliphatic carbocycles. The number of rotatable bonds is 2. The zero-order valence-corrected chi connectivity index (χ0v) is 12.8. The number of benzene rings is 2. The smallest absolute Gasteiger partial charge is 0.328 e. The van der Waals surface area contributed by atoms with E-state index in [9.17, 15) is 14.2 Å². The van der Waals surface area contributed by atoms with Crippen LogP contribution in [-0.2, 0) is 14.2 Å². The van der Waals surface area contributed by atoms with Crippen molar-refractivity contribution in [2.24, 2.45) is 0 Å². The van der Waals surface area contributed by atoms with Crippen molar-refractivity contribution >= 4 is 25.3 Å². The largest absolute Gasteiger partial charge is 0.478 e. The second kappa shape index (κ2) is 7.42. The van der Waals surface area contributed by atoms with Gasteiger partial charge in [0.2, 0.25) is 0 Å². The Labute approximate surface area is 132 Å². The highest BCUT2D eigenvalue weighted by atomic mass is 31.1. The van der Waals surface area contributed by atoms with Crippen LogP contribution in [-0.4, -0.2) is 22.2 Å². The second-order valence-electron chi connectivity index (χ2n) is 4.44. The minimum absolute atomic E-state index is 0.558. The first kappa shape index (κ1) is 16.5. The van der Waals surface area contributed by atoms with Crippen LogP contribution in [0.25, 0.3) is 11.1 Å². The Bertz CT molecular complexity index is 781. The minimum Gasteiger partial charge on any atom is -0.478 e. The first-order valence-corrected chi connectivity index (χ1v) is 7.85. The number of carboxylic acid groups (broad SMARTS) is 2. The summed E-state index contributed by atoms with van der Waals surface area (Å²) >= 11 is 0. The molecule has 0 saturated heterocycles. The van der Waals surface area contributed by atoms with Crippen LogP contribution >= 0.6 is 8.03 Å². The van der Waals surface area contributed by atoms with Gasteiger partial charge >= 0.3 is 11.9 Å². The molecule has 3 rings (SSSR count). The molecule has 1 heterocycles. The molecule has 1 unspecified atom stereocenters. The van der Waals surface area contributed by atoms with Gasteiger partial charge in [-0.2, -0.15) is 0 Å². The number of aliphatic carboxylic acids is 2. The molecule has 0 radical (unpaired) electrons. The lowest BCUT2D eigenvalue weighted by Crippen LogP contribution is -2.09. The molecule has 0 aromatic heterocycles. The van der Waals surface area contributed by atoms with Gasteiger partial charge in [0.15, 0.2) is 0 Å². The predicted octanol–water partition coefficient (Wildman–Crippen LogP) is 2.56. The van der Waals surface area contributed by atoms with E-state index in [-0.39, 0.29) is 0 Å². The van der Waals surface area contributed by atoms with Crippen LogP contribution in [0.4, 0.5) is 0 Å². The molecular weight excluding hydrogens is 319 g/mol. The lowest BCUT2D eigenvalue weighted by Gasteiger charge is -2.19. The summed E-state index contributed by atoms with van der Waals surface area (Å²) in [6, 6.07) is 15.4. The average Bonchev–Trinajstić information content (AvgIpc) is 2.54. The summed E-state index contributed by atoms with van der Waals surface area (Å²) in [5.41, 5.74) is 2.06. The third-order valence-electron chi connectivity index (χ3n) is 2.90. The Hall–Kier alpha value is -2.85. The van der Waals surface area contributed by atoms with Crippen molar-refractivity contribution in [3.05, 3.63) is 60.7 Å². The molecule has 23 heavy (non-hydrogen) atoms. The first-order valence-electron chi connectivity index (χ1n) is 6.53. The van der Waals surface area contributed by atoms with Gasteiger partial charge in [-0.05, 0) is 17.7 Å². The highest BCUT2D eigenvalue weighted by Crippen LogP contribution is 2.41. The maximum atomic E-state index is 11.8. The first-order chi connectivity index (χ1) is 11.0. The second-order valence-corrected chi connectivity index (χ2v) is 5.76. The van der Waals surface area contributed by atoms with Gasteiger partial charge < -0.3 is 14.7 Å². The zero-order chi connectivity index (χ0) is 16.8. The number of carbonyl (C=O) groups is 2. The van der Waals surface area contributed by atoms with Crippen molar-refractivity contribution in [1.29, 1.82) is 0 Å². The maximum Gasteiger partial charge on any atom is 0.328 e. The van der Waals surface area contributed by atoms with Gasteiger partial charge in [0.25, 0.3) is 8.03 Å². The normalized spacial score (nSPS) is 14.7. The Morgan fingerprint density at radius 2 is 1.39 bits per heavy atom.